The fraction of sp³-hybridized carbons (Fsp3) is 0.923. The molecular formula is C13H26N2O5S. The molecule has 8 heteroatoms. The topological polar surface area (TPSA) is 95.9 Å². The molecule has 7 nitrogen and oxygen atoms in total. The van der Waals surface area contributed by atoms with Crippen molar-refractivity contribution in [2.75, 3.05) is 32.8 Å². The van der Waals surface area contributed by atoms with E-state index in [0.29, 0.717) is 45.7 Å². The van der Waals surface area contributed by atoms with Gasteiger partial charge in [-0.2, -0.15) is 12.7 Å². The number of carbonyl (C=O) groups is 1. The van der Waals surface area contributed by atoms with Crippen LogP contribution in [0.4, 0.5) is 0 Å². The molecule has 2 N–H and O–H groups in total. The van der Waals surface area contributed by atoms with Crippen LogP contribution in [-0.4, -0.2) is 56.6 Å². The molecule has 1 aliphatic heterocycles. The number of hydrogen-bond acceptors (Lipinski definition) is 4. The molecule has 1 saturated heterocycles. The predicted molar refractivity (Wildman–Crippen MR) is 79.2 cm³/mol. The SMILES string of the molecule is CCCC(CCNS(=O)(=O)N1CCOCC1)CCC(=O)O. The van der Waals surface area contributed by atoms with Gasteiger partial charge in [-0.3, -0.25) is 4.79 Å². The monoisotopic (exact) mass is 322 g/mol. The molecule has 1 heterocycles. The predicted octanol–water partition coefficient (Wildman–Crippen LogP) is 0.824. The highest BCUT2D eigenvalue weighted by atomic mass is 32.2. The Morgan fingerprint density at radius 2 is 1.95 bits per heavy atom. The van der Waals surface area contributed by atoms with Gasteiger partial charge in [0.15, 0.2) is 0 Å². The van der Waals surface area contributed by atoms with Crippen molar-refractivity contribution in [2.45, 2.75) is 39.0 Å². The van der Waals surface area contributed by atoms with Crippen LogP contribution < -0.4 is 4.72 Å². The van der Waals surface area contributed by atoms with Crippen molar-refractivity contribution in [3.8, 4) is 0 Å². The molecule has 1 rings (SSSR count). The molecule has 0 spiro atoms. The first kappa shape index (κ1) is 18.3. The zero-order chi connectivity index (χ0) is 15.7. The number of ether oxygens (including phenoxy) is 1. The van der Waals surface area contributed by atoms with Gasteiger partial charge < -0.3 is 9.84 Å². The van der Waals surface area contributed by atoms with E-state index in [-0.39, 0.29) is 12.3 Å². The number of aliphatic carboxylic acids is 1. The van der Waals surface area contributed by atoms with Crippen LogP contribution in [0.3, 0.4) is 0 Å². The van der Waals surface area contributed by atoms with E-state index in [1.807, 2.05) is 6.92 Å². The van der Waals surface area contributed by atoms with Crippen LogP contribution in [0, 0.1) is 5.92 Å². The summed E-state index contributed by atoms with van der Waals surface area (Å²) in [6.45, 7) is 4.02. The third kappa shape index (κ3) is 7.21. The molecule has 0 amide bonds. The van der Waals surface area contributed by atoms with E-state index in [1.165, 1.54) is 4.31 Å². The Kier molecular flexibility index (Phi) is 8.16. The molecule has 0 bridgehead atoms. The van der Waals surface area contributed by atoms with Gasteiger partial charge in [0.2, 0.25) is 0 Å². The fourth-order valence-corrected chi connectivity index (χ4v) is 3.63. The van der Waals surface area contributed by atoms with E-state index in [1.54, 1.807) is 0 Å². The zero-order valence-corrected chi connectivity index (χ0v) is 13.4. The van der Waals surface area contributed by atoms with Crippen molar-refractivity contribution in [1.29, 1.82) is 0 Å². The van der Waals surface area contributed by atoms with Crippen molar-refractivity contribution in [2.24, 2.45) is 5.92 Å². The lowest BCUT2D eigenvalue weighted by Gasteiger charge is -2.26. The van der Waals surface area contributed by atoms with Gasteiger partial charge in [0, 0.05) is 26.1 Å². The lowest BCUT2D eigenvalue weighted by Crippen LogP contribution is -2.47. The van der Waals surface area contributed by atoms with Crippen molar-refractivity contribution in [3.63, 3.8) is 0 Å². The summed E-state index contributed by atoms with van der Waals surface area (Å²) in [5.74, 6) is -0.552. The average molecular weight is 322 g/mol. The Hall–Kier alpha value is -0.700. The fourth-order valence-electron chi connectivity index (χ4n) is 2.44. The van der Waals surface area contributed by atoms with Crippen LogP contribution in [0.15, 0.2) is 0 Å². The van der Waals surface area contributed by atoms with Gasteiger partial charge in [-0.15, -0.1) is 0 Å². The quantitative estimate of drug-likeness (QED) is 0.621. The highest BCUT2D eigenvalue weighted by molar-refractivity contribution is 7.87. The second kappa shape index (κ2) is 9.34. The number of hydrogen-bond donors (Lipinski definition) is 2. The molecule has 0 aliphatic carbocycles. The van der Waals surface area contributed by atoms with Gasteiger partial charge in [-0.05, 0) is 18.8 Å². The van der Waals surface area contributed by atoms with Crippen molar-refractivity contribution < 1.29 is 23.1 Å². The second-order valence-corrected chi connectivity index (χ2v) is 7.04. The summed E-state index contributed by atoms with van der Waals surface area (Å²) in [7, 11) is -3.44. The van der Waals surface area contributed by atoms with Crippen molar-refractivity contribution in [3.05, 3.63) is 0 Å². The van der Waals surface area contributed by atoms with Crippen LogP contribution in [0.1, 0.15) is 39.0 Å². The molecule has 1 atom stereocenters. The van der Waals surface area contributed by atoms with Gasteiger partial charge in [0.25, 0.3) is 10.2 Å². The van der Waals surface area contributed by atoms with Crippen LogP contribution in [-0.2, 0) is 19.7 Å². The van der Waals surface area contributed by atoms with E-state index in [0.717, 1.165) is 12.8 Å². The molecule has 124 valence electrons. The Morgan fingerprint density at radius 3 is 2.52 bits per heavy atom. The molecule has 0 aromatic carbocycles. The summed E-state index contributed by atoms with van der Waals surface area (Å²) in [4.78, 5) is 10.6. The van der Waals surface area contributed by atoms with Gasteiger partial charge in [0.05, 0.1) is 13.2 Å². The van der Waals surface area contributed by atoms with Gasteiger partial charge in [-0.25, -0.2) is 4.72 Å². The number of carboxylic acid groups (broad SMARTS) is 1. The minimum atomic E-state index is -3.44. The lowest BCUT2D eigenvalue weighted by molar-refractivity contribution is -0.137. The van der Waals surface area contributed by atoms with E-state index in [9.17, 15) is 13.2 Å². The number of nitrogens with one attached hydrogen (secondary N) is 1. The zero-order valence-electron chi connectivity index (χ0n) is 12.6. The Bertz CT molecular complexity index is 407. The van der Waals surface area contributed by atoms with Gasteiger partial charge >= 0.3 is 5.97 Å². The smallest absolute Gasteiger partial charge is 0.303 e. The third-order valence-electron chi connectivity index (χ3n) is 3.61. The maximum atomic E-state index is 12.1. The van der Waals surface area contributed by atoms with Crippen molar-refractivity contribution in [1.82, 2.24) is 9.03 Å². The van der Waals surface area contributed by atoms with Crippen molar-refractivity contribution >= 4 is 16.2 Å². The Morgan fingerprint density at radius 1 is 1.29 bits per heavy atom. The standard InChI is InChI=1S/C13H26N2O5S/c1-2-3-12(4-5-13(16)17)6-7-14-21(18,19)15-8-10-20-11-9-15/h12,14H,2-11H2,1H3,(H,16,17). The molecule has 0 saturated carbocycles. The van der Waals surface area contributed by atoms with Crippen LogP contribution in [0.25, 0.3) is 0 Å². The summed E-state index contributed by atoms with van der Waals surface area (Å²) in [6.07, 6.45) is 3.31. The minimum absolute atomic E-state index is 0.140. The number of carboxylic acids is 1. The summed E-state index contributed by atoms with van der Waals surface area (Å²) in [6, 6.07) is 0. The number of morpholine rings is 1. The molecule has 0 radical (unpaired) electrons. The van der Waals surface area contributed by atoms with E-state index >= 15 is 0 Å². The number of rotatable bonds is 10. The number of nitrogens with zero attached hydrogens (tertiary/aromatic N) is 1. The van der Waals surface area contributed by atoms with Gasteiger partial charge in [-0.1, -0.05) is 19.8 Å². The first-order valence-corrected chi connectivity index (χ1v) is 8.94. The molecule has 0 aromatic heterocycles. The molecular weight excluding hydrogens is 296 g/mol. The minimum Gasteiger partial charge on any atom is -0.481 e. The van der Waals surface area contributed by atoms with Crippen LogP contribution >= 0.6 is 0 Å². The molecule has 1 unspecified atom stereocenters. The van der Waals surface area contributed by atoms with Gasteiger partial charge in [0.1, 0.15) is 0 Å². The molecule has 21 heavy (non-hydrogen) atoms. The lowest BCUT2D eigenvalue weighted by atomic mass is 9.95. The van der Waals surface area contributed by atoms with Crippen LogP contribution in [0.2, 0.25) is 0 Å². The van der Waals surface area contributed by atoms with E-state index in [2.05, 4.69) is 4.72 Å². The normalized spacial score (nSPS) is 18.5. The first-order valence-electron chi connectivity index (χ1n) is 7.50. The first-order chi connectivity index (χ1) is 9.95. The maximum Gasteiger partial charge on any atom is 0.303 e. The molecule has 1 fully saturated rings. The highest BCUT2D eigenvalue weighted by Crippen LogP contribution is 2.17. The van der Waals surface area contributed by atoms with Crippen LogP contribution in [0.5, 0.6) is 0 Å². The third-order valence-corrected chi connectivity index (χ3v) is 5.22. The molecule has 0 aromatic rings. The van der Waals surface area contributed by atoms with E-state index < -0.39 is 16.2 Å². The summed E-state index contributed by atoms with van der Waals surface area (Å²) >= 11 is 0. The maximum absolute atomic E-state index is 12.1. The molecule has 1 aliphatic rings. The highest BCUT2D eigenvalue weighted by Gasteiger charge is 2.23. The summed E-state index contributed by atoms with van der Waals surface area (Å²) < 4.78 is 33.2. The Labute approximate surface area is 126 Å². The average Bonchev–Trinajstić information content (AvgIpc) is 2.45. The Balaban J connectivity index is 2.35. The summed E-state index contributed by atoms with van der Waals surface area (Å²) in [5.41, 5.74) is 0. The largest absolute Gasteiger partial charge is 0.481 e. The second-order valence-electron chi connectivity index (χ2n) is 5.29. The summed E-state index contributed by atoms with van der Waals surface area (Å²) in [5, 5.41) is 8.73. The van der Waals surface area contributed by atoms with E-state index in [4.69, 9.17) is 9.84 Å².